The molecule has 0 aliphatic heterocycles. The molecule has 0 unspecified atom stereocenters. The van der Waals surface area contributed by atoms with Gasteiger partial charge in [-0.15, -0.1) is 11.3 Å². The zero-order valence-corrected chi connectivity index (χ0v) is 10.1. The quantitative estimate of drug-likeness (QED) is 0.756. The van der Waals surface area contributed by atoms with Crippen LogP contribution in [0.2, 0.25) is 0 Å². The van der Waals surface area contributed by atoms with E-state index >= 15 is 0 Å². The van der Waals surface area contributed by atoms with Gasteiger partial charge in [-0.3, -0.25) is 0 Å². The Morgan fingerprint density at radius 1 is 1.19 bits per heavy atom. The fourth-order valence-corrected chi connectivity index (χ4v) is 3.06. The molecule has 1 N–H and O–H groups in total. The molecule has 4 heteroatoms. The van der Waals surface area contributed by atoms with Crippen LogP contribution in [0.3, 0.4) is 0 Å². The molecule has 0 aliphatic rings. The molecule has 0 fully saturated rings. The second-order valence-electron chi connectivity index (χ2n) is 3.44. The minimum atomic E-state index is 0.802. The van der Waals surface area contributed by atoms with E-state index in [9.17, 15) is 0 Å². The molecule has 3 aromatic rings. The van der Waals surface area contributed by atoms with E-state index in [-0.39, 0.29) is 0 Å². The smallest absolute Gasteiger partial charge is 0.113 e. The predicted molar refractivity (Wildman–Crippen MR) is 71.3 cm³/mol. The summed E-state index contributed by atoms with van der Waals surface area (Å²) in [4.78, 5) is 4.57. The predicted octanol–water partition coefficient (Wildman–Crippen LogP) is 3.97. The Morgan fingerprint density at radius 2 is 2.12 bits per heavy atom. The standard InChI is InChI=1S/C12H10N2S2/c1-2-4-11-10(3-1)14-12(16-11)7-13-9-5-6-15-8-9/h1-6,8,13H,7H2. The number of anilines is 1. The molecule has 0 amide bonds. The summed E-state index contributed by atoms with van der Waals surface area (Å²) >= 11 is 3.45. The molecule has 2 nitrogen and oxygen atoms in total. The Kier molecular flexibility index (Phi) is 2.60. The third kappa shape index (κ3) is 1.94. The van der Waals surface area contributed by atoms with Gasteiger partial charge in [-0.25, -0.2) is 4.98 Å². The van der Waals surface area contributed by atoms with Gasteiger partial charge in [0.2, 0.25) is 0 Å². The molecule has 2 aromatic heterocycles. The lowest BCUT2D eigenvalue weighted by molar-refractivity contribution is 1.12. The summed E-state index contributed by atoms with van der Waals surface area (Å²) < 4.78 is 1.25. The molecule has 1 aromatic carbocycles. The van der Waals surface area contributed by atoms with Gasteiger partial charge in [0.05, 0.1) is 16.8 Å². The zero-order valence-electron chi connectivity index (χ0n) is 8.51. The number of thiazole rings is 1. The first kappa shape index (κ1) is 9.81. The summed E-state index contributed by atoms with van der Waals surface area (Å²) in [6.45, 7) is 0.802. The highest BCUT2D eigenvalue weighted by molar-refractivity contribution is 7.18. The largest absolute Gasteiger partial charge is 0.378 e. The molecule has 0 saturated carbocycles. The van der Waals surface area contributed by atoms with Crippen molar-refractivity contribution >= 4 is 38.6 Å². The minimum absolute atomic E-state index is 0.802. The van der Waals surface area contributed by atoms with Crippen molar-refractivity contribution in [1.82, 2.24) is 4.98 Å². The summed E-state index contributed by atoms with van der Waals surface area (Å²) in [7, 11) is 0. The van der Waals surface area contributed by atoms with Gasteiger partial charge in [-0.2, -0.15) is 11.3 Å². The van der Waals surface area contributed by atoms with Crippen LogP contribution in [0.4, 0.5) is 5.69 Å². The summed E-state index contributed by atoms with van der Waals surface area (Å²) in [6.07, 6.45) is 0. The van der Waals surface area contributed by atoms with Crippen molar-refractivity contribution in [1.29, 1.82) is 0 Å². The van der Waals surface area contributed by atoms with Crippen molar-refractivity contribution in [2.24, 2.45) is 0 Å². The first-order chi connectivity index (χ1) is 7.92. The van der Waals surface area contributed by atoms with Crippen LogP contribution in [0.5, 0.6) is 0 Å². The van der Waals surface area contributed by atoms with Crippen LogP contribution in [0.25, 0.3) is 10.2 Å². The van der Waals surface area contributed by atoms with Crippen LogP contribution in [-0.2, 0) is 6.54 Å². The fraction of sp³-hybridized carbons (Fsp3) is 0.0833. The Labute approximate surface area is 102 Å². The van der Waals surface area contributed by atoms with Crippen LogP contribution in [0, 0.1) is 0 Å². The molecule has 80 valence electrons. The molecule has 3 rings (SSSR count). The van der Waals surface area contributed by atoms with E-state index in [4.69, 9.17) is 0 Å². The van der Waals surface area contributed by atoms with Gasteiger partial charge in [-0.1, -0.05) is 12.1 Å². The highest BCUT2D eigenvalue weighted by Gasteiger charge is 2.02. The van der Waals surface area contributed by atoms with Gasteiger partial charge in [0.15, 0.2) is 0 Å². The average Bonchev–Trinajstić information content (AvgIpc) is 2.95. The van der Waals surface area contributed by atoms with Crippen molar-refractivity contribution in [3.05, 3.63) is 46.1 Å². The maximum atomic E-state index is 4.57. The maximum Gasteiger partial charge on any atom is 0.113 e. The molecule has 0 bridgehead atoms. The van der Waals surface area contributed by atoms with Crippen LogP contribution in [0.15, 0.2) is 41.1 Å². The molecule has 0 spiro atoms. The van der Waals surface area contributed by atoms with E-state index < -0.39 is 0 Å². The lowest BCUT2D eigenvalue weighted by Crippen LogP contribution is -1.96. The van der Waals surface area contributed by atoms with E-state index in [0.29, 0.717) is 0 Å². The number of thiophene rings is 1. The number of benzene rings is 1. The second-order valence-corrected chi connectivity index (χ2v) is 5.34. The van der Waals surface area contributed by atoms with Gasteiger partial charge in [0.1, 0.15) is 5.01 Å². The number of hydrogen-bond acceptors (Lipinski definition) is 4. The summed E-state index contributed by atoms with van der Waals surface area (Å²) in [5.74, 6) is 0. The number of hydrogen-bond donors (Lipinski definition) is 1. The number of rotatable bonds is 3. The summed E-state index contributed by atoms with van der Waals surface area (Å²) in [5, 5.41) is 8.67. The van der Waals surface area contributed by atoms with Gasteiger partial charge in [0.25, 0.3) is 0 Å². The van der Waals surface area contributed by atoms with Crippen LogP contribution in [-0.4, -0.2) is 4.98 Å². The number of aromatic nitrogens is 1. The molecule has 0 saturated heterocycles. The first-order valence-corrected chi connectivity index (χ1v) is 6.78. The van der Waals surface area contributed by atoms with E-state index in [0.717, 1.165) is 17.1 Å². The average molecular weight is 246 g/mol. The van der Waals surface area contributed by atoms with Crippen LogP contribution < -0.4 is 5.32 Å². The fourth-order valence-electron chi connectivity index (χ4n) is 1.54. The molecule has 0 atom stereocenters. The van der Waals surface area contributed by atoms with Crippen molar-refractivity contribution in [2.75, 3.05) is 5.32 Å². The number of nitrogens with one attached hydrogen (secondary N) is 1. The SMILES string of the molecule is c1ccc2sc(CNc3ccsc3)nc2c1. The highest BCUT2D eigenvalue weighted by Crippen LogP contribution is 2.22. The first-order valence-electron chi connectivity index (χ1n) is 5.02. The molecular formula is C12H10N2S2. The monoisotopic (exact) mass is 246 g/mol. The molecule has 0 aliphatic carbocycles. The van der Waals surface area contributed by atoms with E-state index in [1.165, 1.54) is 10.4 Å². The van der Waals surface area contributed by atoms with E-state index in [1.54, 1.807) is 22.7 Å². The van der Waals surface area contributed by atoms with Crippen LogP contribution >= 0.6 is 22.7 Å². The molecular weight excluding hydrogens is 236 g/mol. The number of nitrogens with zero attached hydrogens (tertiary/aromatic N) is 1. The van der Waals surface area contributed by atoms with Gasteiger partial charge < -0.3 is 5.32 Å². The van der Waals surface area contributed by atoms with Crippen molar-refractivity contribution < 1.29 is 0 Å². The van der Waals surface area contributed by atoms with Crippen LogP contribution in [0.1, 0.15) is 5.01 Å². The molecule has 0 radical (unpaired) electrons. The van der Waals surface area contributed by atoms with Gasteiger partial charge in [0, 0.05) is 11.1 Å². The molecule has 2 heterocycles. The Morgan fingerprint density at radius 3 is 2.94 bits per heavy atom. The van der Waals surface area contributed by atoms with E-state index in [1.807, 2.05) is 6.07 Å². The van der Waals surface area contributed by atoms with Gasteiger partial charge in [-0.05, 0) is 23.6 Å². The Balaban J connectivity index is 1.79. The summed E-state index contributed by atoms with van der Waals surface area (Å²) in [5.41, 5.74) is 2.26. The third-order valence-electron chi connectivity index (χ3n) is 2.30. The maximum absolute atomic E-state index is 4.57. The third-order valence-corrected chi connectivity index (χ3v) is 4.02. The van der Waals surface area contributed by atoms with Crippen molar-refractivity contribution in [3.8, 4) is 0 Å². The molecule has 16 heavy (non-hydrogen) atoms. The number of fused-ring (bicyclic) bond motifs is 1. The minimum Gasteiger partial charge on any atom is -0.378 e. The summed E-state index contributed by atoms with van der Waals surface area (Å²) in [6, 6.07) is 10.3. The van der Waals surface area contributed by atoms with E-state index in [2.05, 4.69) is 45.3 Å². The number of para-hydroxylation sites is 1. The Hall–Kier alpha value is -1.39. The normalized spacial score (nSPS) is 10.8. The topological polar surface area (TPSA) is 24.9 Å². The lowest BCUT2D eigenvalue weighted by Gasteiger charge is -1.98. The lowest BCUT2D eigenvalue weighted by atomic mass is 10.3. The van der Waals surface area contributed by atoms with Gasteiger partial charge >= 0.3 is 0 Å². The van der Waals surface area contributed by atoms with Crippen molar-refractivity contribution in [2.45, 2.75) is 6.54 Å². The second kappa shape index (κ2) is 4.23. The highest BCUT2D eigenvalue weighted by atomic mass is 32.1. The van der Waals surface area contributed by atoms with Crippen molar-refractivity contribution in [3.63, 3.8) is 0 Å². The Bertz CT molecular complexity index is 551. The zero-order chi connectivity index (χ0) is 10.8.